The van der Waals surface area contributed by atoms with Crippen LogP contribution in [-0.2, 0) is 6.54 Å². The summed E-state index contributed by atoms with van der Waals surface area (Å²) in [5.41, 5.74) is 1.81. The molecule has 0 aliphatic rings. The zero-order valence-electron chi connectivity index (χ0n) is 9.82. The van der Waals surface area contributed by atoms with Crippen molar-refractivity contribution in [3.05, 3.63) is 41.5 Å². The predicted octanol–water partition coefficient (Wildman–Crippen LogP) is 2.28. The summed E-state index contributed by atoms with van der Waals surface area (Å²) in [4.78, 5) is 21.8. The Morgan fingerprint density at radius 3 is 2.65 bits per heavy atom. The van der Waals surface area contributed by atoms with Crippen molar-refractivity contribution < 1.29 is 0 Å². The van der Waals surface area contributed by atoms with E-state index in [0.717, 1.165) is 16.4 Å². The number of aromatic nitrogens is 3. The lowest BCUT2D eigenvalue weighted by Crippen LogP contribution is -2.24. The number of hydrogen-bond donors (Lipinski definition) is 0. The molecule has 0 spiro atoms. The quantitative estimate of drug-likeness (QED) is 0.772. The number of hydrogen-bond acceptors (Lipinski definition) is 4. The topological polar surface area (TPSA) is 47.8 Å². The Labute approximate surface area is 117 Å². The molecule has 0 saturated heterocycles. The van der Waals surface area contributed by atoms with E-state index in [-0.39, 0.29) is 5.56 Å². The van der Waals surface area contributed by atoms with E-state index in [1.165, 1.54) is 4.88 Å². The van der Waals surface area contributed by atoms with Crippen molar-refractivity contribution in [3.63, 3.8) is 0 Å². The third-order valence-corrected chi connectivity index (χ3v) is 4.84. The molecule has 0 aliphatic carbocycles. The Balaban J connectivity index is 2.37. The van der Waals surface area contributed by atoms with Crippen molar-refractivity contribution in [1.82, 2.24) is 14.5 Å². The van der Waals surface area contributed by atoms with Gasteiger partial charge in [-0.25, -0.2) is 9.97 Å². The van der Waals surface area contributed by atoms with Crippen LogP contribution in [0.2, 0.25) is 0 Å². The van der Waals surface area contributed by atoms with E-state index in [1.807, 2.05) is 43.4 Å². The van der Waals surface area contributed by atoms with Crippen LogP contribution < -0.4 is 5.56 Å². The highest BCUT2D eigenvalue weighted by Gasteiger charge is 2.08. The maximum absolute atomic E-state index is 12.0. The highest BCUT2D eigenvalue weighted by atomic mass is 127. The van der Waals surface area contributed by atoms with Gasteiger partial charge in [-0.15, -0.1) is 11.3 Å². The fraction of sp³-hybridized carbons (Fsp3) is 0.364. The molecule has 0 radical (unpaired) electrons. The van der Waals surface area contributed by atoms with Gasteiger partial charge in [0.2, 0.25) is 0 Å². The summed E-state index contributed by atoms with van der Waals surface area (Å²) < 4.78 is 2.28. The molecule has 0 aliphatic heterocycles. The first-order valence-corrected chi connectivity index (χ1v) is 7.03. The van der Waals surface area contributed by atoms with Crippen molar-refractivity contribution in [3.8, 4) is 0 Å². The van der Waals surface area contributed by atoms with Crippen LogP contribution in [0.25, 0.3) is 0 Å². The summed E-state index contributed by atoms with van der Waals surface area (Å²) >= 11 is 3.66. The smallest absolute Gasteiger partial charge is 0.267 e. The molecule has 2 rings (SSSR count). The molecule has 4 nitrogen and oxygen atoms in total. The van der Waals surface area contributed by atoms with E-state index in [2.05, 4.69) is 9.97 Å². The minimum absolute atomic E-state index is 0.00334. The van der Waals surface area contributed by atoms with Crippen LogP contribution in [0.5, 0.6) is 0 Å². The zero-order chi connectivity index (χ0) is 12.6. The molecule has 0 N–H and O–H groups in total. The summed E-state index contributed by atoms with van der Waals surface area (Å²) in [6.07, 6.45) is 1.59. The molecular formula is C11H12IN3OS. The molecule has 0 amide bonds. The largest absolute Gasteiger partial charge is 0.291 e. The van der Waals surface area contributed by atoms with Gasteiger partial charge in [-0.3, -0.25) is 9.36 Å². The van der Waals surface area contributed by atoms with Gasteiger partial charge in [0.15, 0.2) is 0 Å². The monoisotopic (exact) mass is 361 g/mol. The number of halogens is 1. The third kappa shape index (κ3) is 2.57. The third-order valence-electron chi connectivity index (χ3n) is 2.54. The average molecular weight is 361 g/mol. The summed E-state index contributed by atoms with van der Waals surface area (Å²) in [6.45, 7) is 6.36. The van der Waals surface area contributed by atoms with E-state index < -0.39 is 0 Å². The second-order valence-electron chi connectivity index (χ2n) is 3.83. The van der Waals surface area contributed by atoms with Gasteiger partial charge in [-0.2, -0.15) is 0 Å². The first kappa shape index (κ1) is 12.7. The van der Waals surface area contributed by atoms with Gasteiger partial charge in [0, 0.05) is 4.88 Å². The highest BCUT2D eigenvalue weighted by Crippen LogP contribution is 2.16. The SMILES string of the molecule is Cc1nc(Cn2cnc(C)c(I)c2=O)sc1C. The second kappa shape index (κ2) is 4.85. The molecular weight excluding hydrogens is 349 g/mol. The van der Waals surface area contributed by atoms with Gasteiger partial charge in [0.1, 0.15) is 5.01 Å². The molecule has 0 saturated carbocycles. The van der Waals surface area contributed by atoms with Crippen molar-refractivity contribution in [1.29, 1.82) is 0 Å². The lowest BCUT2D eigenvalue weighted by atomic mass is 10.4. The Kier molecular flexibility index (Phi) is 3.62. The summed E-state index contributed by atoms with van der Waals surface area (Å²) in [7, 11) is 0. The first-order chi connectivity index (χ1) is 7.99. The van der Waals surface area contributed by atoms with Crippen LogP contribution in [0.3, 0.4) is 0 Å². The Bertz CT molecular complexity index is 598. The van der Waals surface area contributed by atoms with E-state index in [9.17, 15) is 4.79 Å². The number of aryl methyl sites for hydroxylation is 3. The molecule has 2 aromatic heterocycles. The number of thiazole rings is 1. The van der Waals surface area contributed by atoms with E-state index >= 15 is 0 Å². The normalized spacial score (nSPS) is 10.8. The maximum atomic E-state index is 12.0. The zero-order valence-corrected chi connectivity index (χ0v) is 12.8. The average Bonchev–Trinajstić information content (AvgIpc) is 2.59. The summed E-state index contributed by atoms with van der Waals surface area (Å²) in [6, 6.07) is 0. The Hall–Kier alpha value is -0.760. The molecule has 0 aromatic carbocycles. The van der Waals surface area contributed by atoms with E-state index in [1.54, 1.807) is 22.2 Å². The first-order valence-electron chi connectivity index (χ1n) is 5.13. The molecule has 17 heavy (non-hydrogen) atoms. The molecule has 2 heterocycles. The lowest BCUT2D eigenvalue weighted by molar-refractivity contribution is 0.718. The molecule has 90 valence electrons. The Morgan fingerprint density at radius 1 is 1.35 bits per heavy atom. The van der Waals surface area contributed by atoms with Crippen LogP contribution in [0.1, 0.15) is 21.3 Å². The summed E-state index contributed by atoms with van der Waals surface area (Å²) in [5.74, 6) is 0. The standard InChI is InChI=1S/C11H12IN3OS/c1-6-8(3)17-9(14-6)4-15-5-13-7(2)10(12)11(15)16/h5H,4H2,1-3H3. The van der Waals surface area contributed by atoms with Gasteiger partial charge in [-0.05, 0) is 43.4 Å². The van der Waals surface area contributed by atoms with Crippen LogP contribution in [0, 0.1) is 24.3 Å². The van der Waals surface area contributed by atoms with Crippen LogP contribution in [0.4, 0.5) is 0 Å². The van der Waals surface area contributed by atoms with Crippen LogP contribution in [-0.4, -0.2) is 14.5 Å². The molecule has 0 atom stereocenters. The Morgan fingerprint density at radius 2 is 2.06 bits per heavy atom. The minimum atomic E-state index is 0.00334. The number of nitrogens with zero attached hydrogens (tertiary/aromatic N) is 3. The summed E-state index contributed by atoms with van der Waals surface area (Å²) in [5, 5.41) is 0.948. The fourth-order valence-electron chi connectivity index (χ4n) is 1.41. The highest BCUT2D eigenvalue weighted by molar-refractivity contribution is 14.1. The molecule has 0 bridgehead atoms. The fourth-order valence-corrected chi connectivity index (χ4v) is 2.79. The van der Waals surface area contributed by atoms with Gasteiger partial charge in [0.05, 0.1) is 27.8 Å². The van der Waals surface area contributed by atoms with Gasteiger partial charge < -0.3 is 0 Å². The second-order valence-corrected chi connectivity index (χ2v) is 6.19. The predicted molar refractivity (Wildman–Crippen MR) is 76.6 cm³/mol. The molecule has 0 unspecified atom stereocenters. The van der Waals surface area contributed by atoms with Crippen molar-refractivity contribution in [2.45, 2.75) is 27.3 Å². The van der Waals surface area contributed by atoms with Gasteiger partial charge in [-0.1, -0.05) is 0 Å². The van der Waals surface area contributed by atoms with Crippen molar-refractivity contribution in [2.24, 2.45) is 0 Å². The number of rotatable bonds is 2. The molecule has 2 aromatic rings. The van der Waals surface area contributed by atoms with Crippen molar-refractivity contribution >= 4 is 33.9 Å². The lowest BCUT2D eigenvalue weighted by Gasteiger charge is -2.04. The van der Waals surface area contributed by atoms with Crippen LogP contribution in [0.15, 0.2) is 11.1 Å². The van der Waals surface area contributed by atoms with E-state index in [4.69, 9.17) is 0 Å². The minimum Gasteiger partial charge on any atom is -0.291 e. The van der Waals surface area contributed by atoms with Crippen LogP contribution >= 0.6 is 33.9 Å². The molecule has 6 heteroatoms. The van der Waals surface area contributed by atoms with Gasteiger partial charge in [0.25, 0.3) is 5.56 Å². The van der Waals surface area contributed by atoms with Gasteiger partial charge >= 0.3 is 0 Å². The van der Waals surface area contributed by atoms with E-state index in [0.29, 0.717) is 10.1 Å². The van der Waals surface area contributed by atoms with Crippen molar-refractivity contribution in [2.75, 3.05) is 0 Å². The maximum Gasteiger partial charge on any atom is 0.267 e. The molecule has 0 fully saturated rings.